The number of oxime groups is 1. The van der Waals surface area contributed by atoms with Crippen molar-refractivity contribution < 1.29 is 13.6 Å². The molecular formula is C11H21N3O3S. The minimum absolute atomic E-state index is 0.0820. The lowest BCUT2D eigenvalue weighted by atomic mass is 10.0. The Morgan fingerprint density at radius 2 is 2.22 bits per heavy atom. The SMILES string of the molecule is NC(CC1(CNCC2CCCS2(=O)=O)CC1)=NO. The quantitative estimate of drug-likeness (QED) is 0.275. The number of amidine groups is 1. The first kappa shape index (κ1) is 13.6. The van der Waals surface area contributed by atoms with Crippen molar-refractivity contribution in [2.75, 3.05) is 18.8 Å². The minimum atomic E-state index is -2.86. The molecule has 1 heterocycles. The molecule has 104 valence electrons. The maximum Gasteiger partial charge on any atom is 0.154 e. The Kier molecular flexibility index (Phi) is 3.82. The Labute approximate surface area is 108 Å². The van der Waals surface area contributed by atoms with Gasteiger partial charge in [0.2, 0.25) is 0 Å². The molecule has 1 aliphatic heterocycles. The fourth-order valence-corrected chi connectivity index (χ4v) is 4.40. The zero-order chi connectivity index (χ0) is 13.2. The standard InChI is InChI=1S/C11H21N3O3S/c12-10(14-15)6-11(3-4-11)8-13-7-9-2-1-5-18(9,16)17/h9,13,15H,1-8H2,(H2,12,14). The van der Waals surface area contributed by atoms with Gasteiger partial charge in [-0.05, 0) is 31.1 Å². The zero-order valence-corrected chi connectivity index (χ0v) is 11.2. The Hall–Kier alpha value is -0.820. The third-order valence-electron chi connectivity index (χ3n) is 3.98. The molecule has 1 unspecified atom stereocenters. The lowest BCUT2D eigenvalue weighted by Crippen LogP contribution is -2.35. The first-order valence-electron chi connectivity index (χ1n) is 6.36. The van der Waals surface area contributed by atoms with Crippen LogP contribution in [-0.2, 0) is 9.84 Å². The summed E-state index contributed by atoms with van der Waals surface area (Å²) in [5.41, 5.74) is 5.59. The fraction of sp³-hybridized carbons (Fsp3) is 0.909. The highest BCUT2D eigenvalue weighted by atomic mass is 32.2. The van der Waals surface area contributed by atoms with Gasteiger partial charge in [0.1, 0.15) is 5.84 Å². The van der Waals surface area contributed by atoms with Gasteiger partial charge in [-0.1, -0.05) is 5.16 Å². The van der Waals surface area contributed by atoms with Crippen LogP contribution in [-0.4, -0.2) is 43.6 Å². The van der Waals surface area contributed by atoms with E-state index in [4.69, 9.17) is 10.9 Å². The molecule has 1 aliphatic carbocycles. The van der Waals surface area contributed by atoms with Crippen molar-refractivity contribution in [3.05, 3.63) is 0 Å². The molecule has 6 nitrogen and oxygen atoms in total. The predicted molar refractivity (Wildman–Crippen MR) is 69.4 cm³/mol. The predicted octanol–water partition coefficient (Wildman–Crippen LogP) is 0.0699. The molecule has 0 aromatic rings. The van der Waals surface area contributed by atoms with Crippen molar-refractivity contribution in [1.82, 2.24) is 5.32 Å². The van der Waals surface area contributed by atoms with Crippen LogP contribution in [0.2, 0.25) is 0 Å². The highest BCUT2D eigenvalue weighted by Crippen LogP contribution is 2.48. The Morgan fingerprint density at radius 3 is 2.72 bits per heavy atom. The van der Waals surface area contributed by atoms with E-state index in [0.29, 0.717) is 18.7 Å². The van der Waals surface area contributed by atoms with Gasteiger partial charge < -0.3 is 16.3 Å². The van der Waals surface area contributed by atoms with Gasteiger partial charge in [-0.3, -0.25) is 0 Å². The molecular weight excluding hydrogens is 254 g/mol. The highest BCUT2D eigenvalue weighted by Gasteiger charge is 2.43. The van der Waals surface area contributed by atoms with Gasteiger partial charge in [0.15, 0.2) is 9.84 Å². The van der Waals surface area contributed by atoms with E-state index in [1.165, 1.54) is 0 Å². The molecule has 0 spiro atoms. The lowest BCUT2D eigenvalue weighted by molar-refractivity contribution is 0.314. The van der Waals surface area contributed by atoms with Gasteiger partial charge in [0, 0.05) is 19.5 Å². The van der Waals surface area contributed by atoms with E-state index in [1.807, 2.05) is 0 Å². The second-order valence-electron chi connectivity index (χ2n) is 5.53. The lowest BCUT2D eigenvalue weighted by Gasteiger charge is -2.17. The normalized spacial score (nSPS) is 29.3. The number of nitrogens with zero attached hydrogens (tertiary/aromatic N) is 1. The van der Waals surface area contributed by atoms with Gasteiger partial charge in [-0.2, -0.15) is 0 Å². The minimum Gasteiger partial charge on any atom is -0.409 e. The molecule has 1 saturated carbocycles. The summed E-state index contributed by atoms with van der Waals surface area (Å²) in [5.74, 6) is 0.581. The average molecular weight is 275 g/mol. The average Bonchev–Trinajstić information content (AvgIpc) is 2.98. The molecule has 0 radical (unpaired) electrons. The maximum absolute atomic E-state index is 11.6. The molecule has 1 atom stereocenters. The summed E-state index contributed by atoms with van der Waals surface area (Å²) >= 11 is 0. The van der Waals surface area contributed by atoms with Crippen LogP contribution in [0.1, 0.15) is 32.1 Å². The van der Waals surface area contributed by atoms with Crippen LogP contribution in [0.5, 0.6) is 0 Å². The van der Waals surface area contributed by atoms with E-state index >= 15 is 0 Å². The molecule has 4 N–H and O–H groups in total. The van der Waals surface area contributed by atoms with E-state index in [2.05, 4.69) is 10.5 Å². The highest BCUT2D eigenvalue weighted by molar-refractivity contribution is 7.92. The number of rotatable bonds is 6. The summed E-state index contributed by atoms with van der Waals surface area (Å²) in [6.07, 6.45) is 4.22. The summed E-state index contributed by atoms with van der Waals surface area (Å²) in [5, 5.41) is 14.6. The molecule has 2 rings (SSSR count). The summed E-state index contributed by atoms with van der Waals surface area (Å²) in [4.78, 5) is 0. The van der Waals surface area contributed by atoms with Crippen molar-refractivity contribution in [2.45, 2.75) is 37.4 Å². The largest absolute Gasteiger partial charge is 0.409 e. The maximum atomic E-state index is 11.6. The molecule has 2 aliphatic rings. The molecule has 7 heteroatoms. The number of nitrogens with two attached hydrogens (primary N) is 1. The van der Waals surface area contributed by atoms with E-state index in [1.54, 1.807) is 0 Å². The summed E-state index contributed by atoms with van der Waals surface area (Å²) in [6.45, 7) is 1.27. The topological polar surface area (TPSA) is 105 Å². The van der Waals surface area contributed by atoms with E-state index in [0.717, 1.165) is 32.2 Å². The molecule has 2 fully saturated rings. The van der Waals surface area contributed by atoms with Gasteiger partial charge >= 0.3 is 0 Å². The summed E-state index contributed by atoms with van der Waals surface area (Å²) < 4.78 is 23.3. The Balaban J connectivity index is 1.76. The van der Waals surface area contributed by atoms with Gasteiger partial charge in [-0.25, -0.2) is 8.42 Å². The summed E-state index contributed by atoms with van der Waals surface area (Å²) in [6, 6.07) is 0. The Morgan fingerprint density at radius 1 is 1.50 bits per heavy atom. The number of hydrogen-bond donors (Lipinski definition) is 3. The first-order chi connectivity index (χ1) is 8.47. The van der Waals surface area contributed by atoms with Crippen LogP contribution < -0.4 is 11.1 Å². The number of nitrogens with one attached hydrogen (secondary N) is 1. The molecule has 0 aromatic carbocycles. The molecule has 0 aromatic heterocycles. The van der Waals surface area contributed by atoms with Crippen LogP contribution in [0.4, 0.5) is 0 Å². The van der Waals surface area contributed by atoms with Crippen LogP contribution in [0.3, 0.4) is 0 Å². The van der Waals surface area contributed by atoms with Crippen molar-refractivity contribution in [3.63, 3.8) is 0 Å². The van der Waals surface area contributed by atoms with E-state index < -0.39 is 9.84 Å². The third-order valence-corrected chi connectivity index (χ3v) is 6.25. The first-order valence-corrected chi connectivity index (χ1v) is 8.08. The van der Waals surface area contributed by atoms with Crippen LogP contribution in [0.15, 0.2) is 5.16 Å². The smallest absolute Gasteiger partial charge is 0.154 e. The fourth-order valence-electron chi connectivity index (χ4n) is 2.60. The zero-order valence-electron chi connectivity index (χ0n) is 10.4. The second-order valence-corrected chi connectivity index (χ2v) is 7.93. The van der Waals surface area contributed by atoms with Crippen LogP contribution in [0.25, 0.3) is 0 Å². The van der Waals surface area contributed by atoms with Gasteiger partial charge in [0.05, 0.1) is 11.0 Å². The third kappa shape index (κ3) is 3.14. The molecule has 18 heavy (non-hydrogen) atoms. The van der Waals surface area contributed by atoms with Gasteiger partial charge in [0.25, 0.3) is 0 Å². The van der Waals surface area contributed by atoms with Crippen molar-refractivity contribution in [3.8, 4) is 0 Å². The molecule has 0 amide bonds. The second kappa shape index (κ2) is 5.05. The number of sulfone groups is 1. The van der Waals surface area contributed by atoms with E-state index in [-0.39, 0.29) is 16.5 Å². The van der Waals surface area contributed by atoms with Gasteiger partial charge in [-0.15, -0.1) is 0 Å². The monoisotopic (exact) mass is 275 g/mol. The molecule has 1 saturated heterocycles. The number of hydrogen-bond acceptors (Lipinski definition) is 5. The van der Waals surface area contributed by atoms with E-state index in [9.17, 15) is 8.42 Å². The van der Waals surface area contributed by atoms with Crippen molar-refractivity contribution in [2.24, 2.45) is 16.3 Å². The van der Waals surface area contributed by atoms with Crippen LogP contribution in [0, 0.1) is 5.41 Å². The Bertz CT molecular complexity index is 429. The van der Waals surface area contributed by atoms with Crippen LogP contribution >= 0.6 is 0 Å². The van der Waals surface area contributed by atoms with Crippen molar-refractivity contribution in [1.29, 1.82) is 0 Å². The van der Waals surface area contributed by atoms with Crippen molar-refractivity contribution >= 4 is 15.7 Å². The summed E-state index contributed by atoms with van der Waals surface area (Å²) in [7, 11) is -2.86. The molecule has 0 bridgehead atoms.